The number of hydrogen-bond donors (Lipinski definition) is 4. The van der Waals surface area contributed by atoms with Gasteiger partial charge in [0.05, 0.1) is 6.04 Å². The van der Waals surface area contributed by atoms with Crippen molar-refractivity contribution in [2.75, 3.05) is 48.5 Å². The van der Waals surface area contributed by atoms with Crippen molar-refractivity contribution in [2.24, 2.45) is 23.3 Å². The Hall–Kier alpha value is -4.42. The van der Waals surface area contributed by atoms with Gasteiger partial charge in [0.2, 0.25) is 29.5 Å². The number of hydrogen-bond acceptors (Lipinski definition) is 13. The number of carbonyl (C=O) groups excluding carboxylic acids is 8. The molecule has 300 valence electrons. The van der Waals surface area contributed by atoms with Crippen molar-refractivity contribution in [1.82, 2.24) is 30.2 Å². The molecule has 1 heterocycles. The van der Waals surface area contributed by atoms with Gasteiger partial charge in [0.25, 0.3) is 0 Å². The van der Waals surface area contributed by atoms with Gasteiger partial charge in [0.1, 0.15) is 61.8 Å². The number of nitrogens with zero attached hydrogens (tertiary/aromatic N) is 4. The van der Waals surface area contributed by atoms with E-state index in [2.05, 4.69) is 10.6 Å². The Kier molecular flexibility index (Phi) is 18.7. The molecule has 0 spiro atoms. The lowest BCUT2D eigenvalue weighted by molar-refractivity contribution is -0.159. The monoisotopic (exact) mass is 752 g/mol. The lowest BCUT2D eigenvalue weighted by atomic mass is 10.0. The fraction of sp³-hybridized carbons (Fsp3) is 0.714. The summed E-state index contributed by atoms with van der Waals surface area (Å²) in [5.74, 6) is -5.39. The molecule has 0 fully saturated rings. The molecule has 0 bridgehead atoms. The second kappa shape index (κ2) is 21.3. The summed E-state index contributed by atoms with van der Waals surface area (Å²) in [7, 11) is 7.59. The Morgan fingerprint density at radius 2 is 1.60 bits per heavy atom. The van der Waals surface area contributed by atoms with E-state index in [1.165, 1.54) is 35.0 Å². The van der Waals surface area contributed by atoms with Crippen LogP contribution in [0, 0.1) is 11.8 Å². The van der Waals surface area contributed by atoms with E-state index in [-0.39, 0.29) is 18.8 Å². The van der Waals surface area contributed by atoms with Gasteiger partial charge in [-0.05, 0) is 52.6 Å². The quantitative estimate of drug-likeness (QED) is 0.102. The normalized spacial score (nSPS) is 25.1. The summed E-state index contributed by atoms with van der Waals surface area (Å²) in [6, 6.07) is -8.73. The Morgan fingerprint density at radius 3 is 2.13 bits per heavy atom. The zero-order chi connectivity index (χ0) is 40.9. The van der Waals surface area contributed by atoms with Gasteiger partial charge >= 0.3 is 11.9 Å². The third-order valence-corrected chi connectivity index (χ3v) is 9.02. The first kappa shape index (κ1) is 46.6. The SMILES string of the molecule is CC1NC(=O)C(N)COC(=O)C(C(C)C)N(C)C(=O)[C@@H](N(C)C(=O)C(C)NC(=O)C(N)COC(=O)C(C(C)C)N(C)C)C/C=C/C[C@@H](C=O)N(C)C1=O. The number of carbonyl (C=O) groups is 8. The van der Waals surface area contributed by atoms with E-state index in [9.17, 15) is 38.4 Å². The standard InChI is InChI=1S/C35H60N8O10/c1-19(2)27(40(7)8)34(50)52-17-24(36)30(46)39-22(6)32(48)42(10)26-15-13-12-14-23(16-44)41(9)31(47)21(5)38-29(45)25(37)18-53-35(51)28(20(3)4)43(11)33(26)49/h12-13,16,19-28H,14-15,17-18,36-37H2,1-11H3,(H,38,45)(H,39,46)/b13-12+/t21?,22?,23-,24?,25?,26-,27?,28?/m0/s1. The molecule has 0 aliphatic carbocycles. The minimum absolute atomic E-state index is 0.0443. The smallest absolute Gasteiger partial charge is 0.329 e. The maximum Gasteiger partial charge on any atom is 0.329 e. The summed E-state index contributed by atoms with van der Waals surface area (Å²) >= 11 is 0. The van der Waals surface area contributed by atoms with Crippen LogP contribution in [0.3, 0.4) is 0 Å². The summed E-state index contributed by atoms with van der Waals surface area (Å²) in [6.07, 6.45) is 3.67. The third kappa shape index (κ3) is 13.2. The van der Waals surface area contributed by atoms with Gasteiger partial charge in [-0.1, -0.05) is 39.8 Å². The van der Waals surface area contributed by atoms with E-state index in [1.54, 1.807) is 45.0 Å². The first-order valence-electron chi connectivity index (χ1n) is 17.6. The van der Waals surface area contributed by atoms with Gasteiger partial charge in [-0.25, -0.2) is 4.79 Å². The molecule has 0 aromatic carbocycles. The Labute approximate surface area is 312 Å². The summed E-state index contributed by atoms with van der Waals surface area (Å²) < 4.78 is 10.6. The molecule has 1 aliphatic heterocycles. The van der Waals surface area contributed by atoms with Crippen LogP contribution in [-0.2, 0) is 47.8 Å². The van der Waals surface area contributed by atoms with Crippen molar-refractivity contribution in [3.8, 4) is 0 Å². The van der Waals surface area contributed by atoms with Gasteiger partial charge in [-0.15, -0.1) is 0 Å². The van der Waals surface area contributed by atoms with Crippen LogP contribution in [0.5, 0.6) is 0 Å². The zero-order valence-electron chi connectivity index (χ0n) is 32.9. The van der Waals surface area contributed by atoms with Crippen LogP contribution in [0.1, 0.15) is 54.4 Å². The van der Waals surface area contributed by atoms with Gasteiger partial charge in [0.15, 0.2) is 0 Å². The number of nitrogens with two attached hydrogens (primary N) is 2. The van der Waals surface area contributed by atoms with Gasteiger partial charge in [0, 0.05) is 21.1 Å². The van der Waals surface area contributed by atoms with Crippen molar-refractivity contribution in [3.63, 3.8) is 0 Å². The third-order valence-electron chi connectivity index (χ3n) is 9.02. The fourth-order valence-corrected chi connectivity index (χ4v) is 5.88. The average molecular weight is 753 g/mol. The number of likely N-dealkylation sites (N-methyl/N-ethyl adjacent to an activating group) is 4. The summed E-state index contributed by atoms with van der Waals surface area (Å²) in [5.41, 5.74) is 11.9. The number of rotatable bonds is 11. The minimum atomic E-state index is -1.35. The van der Waals surface area contributed by atoms with Crippen LogP contribution in [-0.4, -0.2) is 164 Å². The lowest BCUT2D eigenvalue weighted by Crippen LogP contribution is -2.58. The molecule has 53 heavy (non-hydrogen) atoms. The number of ether oxygens (including phenoxy) is 2. The first-order valence-corrected chi connectivity index (χ1v) is 17.6. The second-order valence-electron chi connectivity index (χ2n) is 14.3. The topological polar surface area (TPSA) is 244 Å². The molecular weight excluding hydrogens is 692 g/mol. The maximum atomic E-state index is 14.1. The number of nitrogens with one attached hydrogen (secondary N) is 2. The van der Waals surface area contributed by atoms with Crippen molar-refractivity contribution in [2.45, 2.75) is 103 Å². The van der Waals surface area contributed by atoms with E-state index < -0.39 is 109 Å². The molecular formula is C35H60N8O10. The van der Waals surface area contributed by atoms with Crippen molar-refractivity contribution < 1.29 is 47.8 Å². The molecule has 0 aromatic heterocycles. The maximum absolute atomic E-state index is 14.1. The molecule has 1 rings (SSSR count). The Balaban J connectivity index is 3.36. The van der Waals surface area contributed by atoms with E-state index in [0.29, 0.717) is 6.29 Å². The highest BCUT2D eigenvalue weighted by Crippen LogP contribution is 2.18. The molecule has 0 radical (unpaired) electrons. The zero-order valence-corrected chi connectivity index (χ0v) is 32.9. The van der Waals surface area contributed by atoms with E-state index in [1.807, 2.05) is 13.8 Å². The number of aldehydes is 1. The highest BCUT2D eigenvalue weighted by atomic mass is 16.5. The molecule has 6 N–H and O–H groups in total. The summed E-state index contributed by atoms with van der Waals surface area (Å²) in [4.78, 5) is 109. The fourth-order valence-electron chi connectivity index (χ4n) is 5.88. The van der Waals surface area contributed by atoms with Crippen LogP contribution in [0.2, 0.25) is 0 Å². The summed E-state index contributed by atoms with van der Waals surface area (Å²) in [6.45, 7) is 8.91. The predicted molar refractivity (Wildman–Crippen MR) is 194 cm³/mol. The van der Waals surface area contributed by atoms with Crippen LogP contribution >= 0.6 is 0 Å². The molecule has 6 unspecified atom stereocenters. The Bertz CT molecular complexity index is 1350. The first-order chi connectivity index (χ1) is 24.6. The highest BCUT2D eigenvalue weighted by molar-refractivity contribution is 5.94. The average Bonchev–Trinajstić information content (AvgIpc) is 3.08. The van der Waals surface area contributed by atoms with E-state index in [0.717, 1.165) is 14.7 Å². The number of amides is 5. The van der Waals surface area contributed by atoms with Crippen molar-refractivity contribution in [1.29, 1.82) is 0 Å². The second-order valence-corrected chi connectivity index (χ2v) is 14.3. The molecule has 5 amide bonds. The summed E-state index contributed by atoms with van der Waals surface area (Å²) in [5, 5.41) is 4.97. The number of esters is 2. The molecule has 18 heteroatoms. The van der Waals surface area contributed by atoms with Crippen molar-refractivity contribution >= 4 is 47.8 Å². The molecule has 18 nitrogen and oxygen atoms in total. The Morgan fingerprint density at radius 1 is 1.02 bits per heavy atom. The predicted octanol–water partition coefficient (Wildman–Crippen LogP) is -1.99. The van der Waals surface area contributed by atoms with Gasteiger partial charge in [-0.3, -0.25) is 33.7 Å². The largest absolute Gasteiger partial charge is 0.462 e. The molecule has 0 saturated carbocycles. The molecule has 0 saturated heterocycles. The minimum Gasteiger partial charge on any atom is -0.462 e. The highest BCUT2D eigenvalue weighted by Gasteiger charge is 2.38. The number of cyclic esters (lactones) is 1. The van der Waals surface area contributed by atoms with Crippen LogP contribution < -0.4 is 22.1 Å². The van der Waals surface area contributed by atoms with Gasteiger partial charge in [-0.2, -0.15) is 0 Å². The van der Waals surface area contributed by atoms with Crippen LogP contribution in [0.4, 0.5) is 0 Å². The lowest BCUT2D eigenvalue weighted by Gasteiger charge is -2.36. The van der Waals surface area contributed by atoms with Crippen molar-refractivity contribution in [3.05, 3.63) is 12.2 Å². The van der Waals surface area contributed by atoms with E-state index in [4.69, 9.17) is 20.9 Å². The van der Waals surface area contributed by atoms with Crippen LogP contribution in [0.15, 0.2) is 12.2 Å². The molecule has 8 atom stereocenters. The van der Waals surface area contributed by atoms with Crippen LogP contribution in [0.25, 0.3) is 0 Å². The molecule has 1 aliphatic rings. The van der Waals surface area contributed by atoms with Gasteiger partial charge < -0.3 is 51.1 Å². The molecule has 0 aromatic rings. The van der Waals surface area contributed by atoms with E-state index >= 15 is 0 Å².